The lowest BCUT2D eigenvalue weighted by Gasteiger charge is -2.32. The highest BCUT2D eigenvalue weighted by atomic mass is 16.1. The molecule has 5 heteroatoms. The molecule has 2 aromatic carbocycles. The van der Waals surface area contributed by atoms with Crippen LogP contribution >= 0.6 is 0 Å². The summed E-state index contributed by atoms with van der Waals surface area (Å²) >= 11 is 0. The lowest BCUT2D eigenvalue weighted by molar-refractivity contribution is 0.0946. The van der Waals surface area contributed by atoms with Crippen LogP contribution < -0.4 is 5.32 Å². The molecule has 0 unspecified atom stereocenters. The van der Waals surface area contributed by atoms with Gasteiger partial charge in [0.2, 0.25) is 0 Å². The number of hydrogen-bond donors (Lipinski definition) is 1. The molecule has 1 aliphatic heterocycles. The van der Waals surface area contributed by atoms with E-state index in [1.54, 1.807) is 6.07 Å². The standard InChI is InChI=1S/C23H26N4O/c1-26-11-13-27(14-12-26)17-19-6-4-5-18(15-19)16-24-23(28)22-10-9-20-7-2-3-8-21(20)25-22/h2-10,15H,11-14,16-17H2,1H3,(H,24,28). The summed E-state index contributed by atoms with van der Waals surface area (Å²) < 4.78 is 0. The second-order valence-corrected chi connectivity index (χ2v) is 7.47. The fourth-order valence-corrected chi connectivity index (χ4v) is 3.57. The van der Waals surface area contributed by atoms with Crippen molar-refractivity contribution < 1.29 is 4.79 Å². The van der Waals surface area contributed by atoms with Crippen molar-refractivity contribution in [2.45, 2.75) is 13.1 Å². The molecule has 28 heavy (non-hydrogen) atoms. The quantitative estimate of drug-likeness (QED) is 0.746. The van der Waals surface area contributed by atoms with Gasteiger partial charge in [-0.25, -0.2) is 4.98 Å². The highest BCUT2D eigenvalue weighted by Crippen LogP contribution is 2.13. The molecule has 1 amide bonds. The minimum Gasteiger partial charge on any atom is -0.347 e. The summed E-state index contributed by atoms with van der Waals surface area (Å²) in [5.74, 6) is -0.143. The summed E-state index contributed by atoms with van der Waals surface area (Å²) in [4.78, 5) is 21.8. The SMILES string of the molecule is CN1CCN(Cc2cccc(CNC(=O)c3ccc4ccccc4n3)c2)CC1. The van der Waals surface area contributed by atoms with Crippen molar-refractivity contribution in [1.82, 2.24) is 20.1 Å². The summed E-state index contributed by atoms with van der Waals surface area (Å²) in [7, 11) is 2.17. The Balaban J connectivity index is 1.36. The number of piperazine rings is 1. The van der Waals surface area contributed by atoms with Crippen molar-refractivity contribution in [1.29, 1.82) is 0 Å². The first-order valence-corrected chi connectivity index (χ1v) is 9.80. The largest absolute Gasteiger partial charge is 0.347 e. The predicted molar refractivity (Wildman–Crippen MR) is 112 cm³/mol. The number of para-hydroxylation sites is 1. The van der Waals surface area contributed by atoms with E-state index >= 15 is 0 Å². The van der Waals surface area contributed by atoms with Crippen LogP contribution in [0.3, 0.4) is 0 Å². The lowest BCUT2D eigenvalue weighted by atomic mass is 10.1. The zero-order valence-electron chi connectivity index (χ0n) is 16.3. The molecule has 0 aliphatic carbocycles. The van der Waals surface area contributed by atoms with Crippen LogP contribution in [-0.2, 0) is 13.1 Å². The third-order valence-electron chi connectivity index (χ3n) is 5.28. The molecular formula is C23H26N4O. The number of benzene rings is 2. The number of likely N-dealkylation sites (N-methyl/N-ethyl adjacent to an activating group) is 1. The van der Waals surface area contributed by atoms with Gasteiger partial charge in [0.15, 0.2) is 0 Å². The summed E-state index contributed by atoms with van der Waals surface area (Å²) in [6.07, 6.45) is 0. The number of fused-ring (bicyclic) bond motifs is 1. The van der Waals surface area contributed by atoms with Crippen LogP contribution in [-0.4, -0.2) is 53.9 Å². The first kappa shape index (κ1) is 18.6. The fraction of sp³-hybridized carbons (Fsp3) is 0.304. The summed E-state index contributed by atoms with van der Waals surface area (Å²) in [5.41, 5.74) is 3.69. The van der Waals surface area contributed by atoms with E-state index < -0.39 is 0 Å². The molecule has 1 fully saturated rings. The number of rotatable bonds is 5. The van der Waals surface area contributed by atoms with E-state index in [4.69, 9.17) is 0 Å². The van der Waals surface area contributed by atoms with Gasteiger partial charge >= 0.3 is 0 Å². The van der Waals surface area contributed by atoms with Crippen LogP contribution in [0.15, 0.2) is 60.7 Å². The Labute approximate surface area is 166 Å². The van der Waals surface area contributed by atoms with Crippen molar-refractivity contribution in [3.05, 3.63) is 77.5 Å². The number of amides is 1. The van der Waals surface area contributed by atoms with Crippen molar-refractivity contribution in [2.75, 3.05) is 33.2 Å². The average Bonchev–Trinajstić information content (AvgIpc) is 2.73. The lowest BCUT2D eigenvalue weighted by Crippen LogP contribution is -2.43. The number of nitrogens with zero attached hydrogens (tertiary/aromatic N) is 3. The van der Waals surface area contributed by atoms with Gasteiger partial charge in [0, 0.05) is 44.7 Å². The number of pyridine rings is 1. The Hall–Kier alpha value is -2.76. The Morgan fingerprint density at radius 3 is 2.61 bits per heavy atom. The van der Waals surface area contributed by atoms with Crippen molar-refractivity contribution in [2.24, 2.45) is 0 Å². The monoisotopic (exact) mass is 374 g/mol. The molecule has 0 radical (unpaired) electrons. The molecule has 5 nitrogen and oxygen atoms in total. The van der Waals surface area contributed by atoms with Crippen LogP contribution in [0.25, 0.3) is 10.9 Å². The Morgan fingerprint density at radius 1 is 0.964 bits per heavy atom. The molecule has 1 N–H and O–H groups in total. The van der Waals surface area contributed by atoms with Gasteiger partial charge in [0.1, 0.15) is 5.69 Å². The van der Waals surface area contributed by atoms with Crippen LogP contribution in [0.1, 0.15) is 21.6 Å². The summed E-state index contributed by atoms with van der Waals surface area (Å²) in [6.45, 7) is 5.91. The van der Waals surface area contributed by atoms with Crippen LogP contribution in [0, 0.1) is 0 Å². The van der Waals surface area contributed by atoms with E-state index in [0.717, 1.165) is 49.2 Å². The van der Waals surface area contributed by atoms with E-state index in [1.807, 2.05) is 30.3 Å². The molecule has 1 aromatic heterocycles. The Kier molecular flexibility index (Phi) is 5.65. The Bertz CT molecular complexity index is 963. The highest BCUT2D eigenvalue weighted by molar-refractivity contribution is 5.94. The number of nitrogens with one attached hydrogen (secondary N) is 1. The highest BCUT2D eigenvalue weighted by Gasteiger charge is 2.14. The van der Waals surface area contributed by atoms with E-state index in [-0.39, 0.29) is 5.91 Å². The second-order valence-electron chi connectivity index (χ2n) is 7.47. The topological polar surface area (TPSA) is 48.5 Å². The first-order chi connectivity index (χ1) is 13.7. The van der Waals surface area contributed by atoms with Crippen LogP contribution in [0.2, 0.25) is 0 Å². The number of aromatic nitrogens is 1. The number of carbonyl (C=O) groups excluding carboxylic acids is 1. The van der Waals surface area contributed by atoms with Gasteiger partial charge in [0.05, 0.1) is 5.52 Å². The molecule has 0 spiro atoms. The Morgan fingerprint density at radius 2 is 1.75 bits per heavy atom. The maximum atomic E-state index is 12.5. The van der Waals surface area contributed by atoms with E-state index in [1.165, 1.54) is 5.56 Å². The number of carbonyl (C=O) groups is 1. The maximum absolute atomic E-state index is 12.5. The van der Waals surface area contributed by atoms with Gasteiger partial charge in [-0.1, -0.05) is 48.5 Å². The molecule has 0 saturated carbocycles. The van der Waals surface area contributed by atoms with Crippen LogP contribution in [0.4, 0.5) is 0 Å². The van der Waals surface area contributed by atoms with Gasteiger partial charge in [-0.3, -0.25) is 9.69 Å². The van der Waals surface area contributed by atoms with Crippen molar-refractivity contribution >= 4 is 16.8 Å². The van der Waals surface area contributed by atoms with Gasteiger partial charge in [-0.15, -0.1) is 0 Å². The van der Waals surface area contributed by atoms with Gasteiger partial charge in [-0.05, 0) is 30.3 Å². The van der Waals surface area contributed by atoms with E-state index in [0.29, 0.717) is 12.2 Å². The third-order valence-corrected chi connectivity index (χ3v) is 5.28. The number of hydrogen-bond acceptors (Lipinski definition) is 4. The zero-order chi connectivity index (χ0) is 19.3. The second kappa shape index (κ2) is 8.50. The molecule has 1 saturated heterocycles. The molecule has 144 valence electrons. The van der Waals surface area contributed by atoms with Crippen molar-refractivity contribution in [3.63, 3.8) is 0 Å². The third kappa shape index (κ3) is 4.55. The minimum atomic E-state index is -0.143. The zero-order valence-corrected chi connectivity index (χ0v) is 16.3. The summed E-state index contributed by atoms with van der Waals surface area (Å²) in [6, 6.07) is 20.0. The van der Waals surface area contributed by atoms with E-state index in [9.17, 15) is 4.79 Å². The van der Waals surface area contributed by atoms with Crippen LogP contribution in [0.5, 0.6) is 0 Å². The van der Waals surface area contributed by atoms with Gasteiger partial charge in [0.25, 0.3) is 5.91 Å². The molecule has 3 aromatic rings. The molecule has 1 aliphatic rings. The van der Waals surface area contributed by atoms with E-state index in [2.05, 4.69) is 51.4 Å². The average molecular weight is 374 g/mol. The molecule has 0 atom stereocenters. The first-order valence-electron chi connectivity index (χ1n) is 9.80. The molecule has 4 rings (SSSR count). The molecular weight excluding hydrogens is 348 g/mol. The molecule has 0 bridgehead atoms. The maximum Gasteiger partial charge on any atom is 0.270 e. The summed E-state index contributed by atoms with van der Waals surface area (Å²) in [5, 5.41) is 4.03. The predicted octanol–water partition coefficient (Wildman–Crippen LogP) is 2.91. The smallest absolute Gasteiger partial charge is 0.270 e. The molecule has 2 heterocycles. The minimum absolute atomic E-state index is 0.143. The normalized spacial score (nSPS) is 15.6. The van der Waals surface area contributed by atoms with Gasteiger partial charge < -0.3 is 10.2 Å². The van der Waals surface area contributed by atoms with Gasteiger partial charge in [-0.2, -0.15) is 0 Å². The van der Waals surface area contributed by atoms with Crippen molar-refractivity contribution in [3.8, 4) is 0 Å². The fourth-order valence-electron chi connectivity index (χ4n) is 3.57.